The molecule has 0 aromatic heterocycles. The highest BCUT2D eigenvalue weighted by Crippen LogP contribution is 2.13. The molecule has 0 aliphatic rings. The number of carbonyl (C=O) groups excluding carboxylic acids is 1. The van der Waals surface area contributed by atoms with Crippen LogP contribution >= 0.6 is 0 Å². The fourth-order valence-corrected chi connectivity index (χ4v) is 4.87. The normalized spacial score (nSPS) is 11.4. The maximum atomic E-state index is 11.5. The largest absolute Gasteiger partial charge is 0.481 e. The van der Waals surface area contributed by atoms with E-state index < -0.39 is 5.97 Å². The molecular weight excluding hydrogens is 648 g/mol. The molecule has 0 radical (unpaired) electrons. The summed E-state index contributed by atoms with van der Waals surface area (Å²) >= 11 is 0. The van der Waals surface area contributed by atoms with Gasteiger partial charge in [0.25, 0.3) is 0 Å². The second kappa shape index (κ2) is 43.8. The molecule has 0 saturated carbocycles. The molecule has 50 heavy (non-hydrogen) atoms. The van der Waals surface area contributed by atoms with Crippen molar-refractivity contribution in [2.24, 2.45) is 0 Å². The zero-order valence-electron chi connectivity index (χ0n) is 31.7. The molecule has 0 aliphatic heterocycles. The molecule has 0 spiro atoms. The van der Waals surface area contributed by atoms with Gasteiger partial charge in [0.2, 0.25) is 0 Å². The molecule has 298 valence electrons. The molecule has 12 heteroatoms. The number of hydrogen-bond donors (Lipinski definition) is 1. The minimum absolute atomic E-state index is 0.0654. The van der Waals surface area contributed by atoms with E-state index in [9.17, 15) is 9.59 Å². The highest BCUT2D eigenvalue weighted by molar-refractivity contribution is 5.69. The van der Waals surface area contributed by atoms with Crippen LogP contribution in [0.15, 0.2) is 0 Å². The van der Waals surface area contributed by atoms with Crippen LogP contribution in [0.4, 0.5) is 0 Å². The average molecular weight is 723 g/mol. The van der Waals surface area contributed by atoms with Gasteiger partial charge in [-0.05, 0) is 19.3 Å². The molecule has 0 fully saturated rings. The lowest BCUT2D eigenvalue weighted by atomic mass is 10.0. The van der Waals surface area contributed by atoms with Crippen molar-refractivity contribution in [2.45, 2.75) is 122 Å². The summed E-state index contributed by atoms with van der Waals surface area (Å²) in [5.41, 5.74) is 0. The van der Waals surface area contributed by atoms with Crippen LogP contribution in [-0.4, -0.2) is 129 Å². The fourth-order valence-electron chi connectivity index (χ4n) is 4.87. The molecule has 0 aromatic rings. The predicted octanol–water partition coefficient (Wildman–Crippen LogP) is 6.79. The number of hydrogen-bond acceptors (Lipinski definition) is 11. The number of rotatable bonds is 44. The third-order valence-electron chi connectivity index (χ3n) is 7.76. The summed E-state index contributed by atoms with van der Waals surface area (Å²) in [7, 11) is 0. The van der Waals surface area contributed by atoms with Crippen LogP contribution in [0.25, 0.3) is 0 Å². The first-order valence-electron chi connectivity index (χ1n) is 19.7. The Labute approximate surface area is 303 Å². The van der Waals surface area contributed by atoms with E-state index in [1.54, 1.807) is 0 Å². The number of carboxylic acids is 1. The van der Waals surface area contributed by atoms with E-state index in [4.69, 9.17) is 47.7 Å². The van der Waals surface area contributed by atoms with Gasteiger partial charge < -0.3 is 47.7 Å². The summed E-state index contributed by atoms with van der Waals surface area (Å²) in [5, 5.41) is 8.56. The van der Waals surface area contributed by atoms with Crippen LogP contribution in [0.5, 0.6) is 0 Å². The summed E-state index contributed by atoms with van der Waals surface area (Å²) < 4.78 is 49.0. The lowest BCUT2D eigenvalue weighted by Crippen LogP contribution is -2.15. The van der Waals surface area contributed by atoms with Gasteiger partial charge in [-0.2, -0.15) is 0 Å². The Morgan fingerprint density at radius 3 is 0.960 bits per heavy atom. The summed E-state index contributed by atoms with van der Waals surface area (Å²) in [6.45, 7) is 10.7. The minimum Gasteiger partial charge on any atom is -0.481 e. The molecule has 0 amide bonds. The Kier molecular flexibility index (Phi) is 42.6. The van der Waals surface area contributed by atoms with Gasteiger partial charge in [0.15, 0.2) is 0 Å². The van der Waals surface area contributed by atoms with Crippen LogP contribution in [0, 0.1) is 0 Å². The van der Waals surface area contributed by atoms with Crippen LogP contribution < -0.4 is 0 Å². The predicted molar refractivity (Wildman–Crippen MR) is 194 cm³/mol. The number of carbonyl (C=O) groups is 2. The first-order valence-corrected chi connectivity index (χ1v) is 19.7. The van der Waals surface area contributed by atoms with Gasteiger partial charge in [-0.1, -0.05) is 90.4 Å². The van der Waals surface area contributed by atoms with Crippen molar-refractivity contribution in [2.75, 3.05) is 112 Å². The first kappa shape index (κ1) is 48.6. The molecule has 0 unspecified atom stereocenters. The molecule has 12 nitrogen and oxygen atoms in total. The second-order valence-electron chi connectivity index (χ2n) is 12.3. The monoisotopic (exact) mass is 723 g/mol. The van der Waals surface area contributed by atoms with Crippen molar-refractivity contribution in [3.63, 3.8) is 0 Å². The van der Waals surface area contributed by atoms with E-state index in [0.717, 1.165) is 13.0 Å². The Morgan fingerprint density at radius 2 is 0.620 bits per heavy atom. The van der Waals surface area contributed by atoms with E-state index in [0.29, 0.717) is 112 Å². The molecule has 1 N–H and O–H groups in total. The van der Waals surface area contributed by atoms with E-state index in [2.05, 4.69) is 6.92 Å². The van der Waals surface area contributed by atoms with Crippen LogP contribution in [-0.2, 0) is 52.2 Å². The smallest absolute Gasteiger partial charge is 0.305 e. The van der Waals surface area contributed by atoms with Gasteiger partial charge in [-0.3, -0.25) is 9.59 Å². The standard InChI is InChI=1S/C38H74O12/c1-2-3-4-5-6-7-8-9-10-11-12-13-14-17-20-42-21-22-43-23-24-44-25-26-45-27-28-46-29-30-47-31-32-48-33-34-49-35-36-50-38(41)19-16-15-18-37(39)40/h2-36H2,1H3,(H,39,40). The topological polar surface area (TPSA) is 137 Å². The molecular formula is C38H74O12. The highest BCUT2D eigenvalue weighted by atomic mass is 16.6. The van der Waals surface area contributed by atoms with Crippen molar-refractivity contribution in [1.29, 1.82) is 0 Å². The van der Waals surface area contributed by atoms with Gasteiger partial charge in [-0.25, -0.2) is 0 Å². The molecule has 0 atom stereocenters. The van der Waals surface area contributed by atoms with Crippen LogP contribution in [0.3, 0.4) is 0 Å². The van der Waals surface area contributed by atoms with Crippen LogP contribution in [0.2, 0.25) is 0 Å². The van der Waals surface area contributed by atoms with Crippen molar-refractivity contribution >= 4 is 11.9 Å². The Morgan fingerprint density at radius 1 is 0.340 bits per heavy atom. The van der Waals surface area contributed by atoms with Crippen molar-refractivity contribution < 1.29 is 57.3 Å². The SMILES string of the molecule is CCCCCCCCCCCCCCCCOCCOCCOCCOCCOCCOCCOCCOCCOC(=O)CCCCC(=O)O. The van der Waals surface area contributed by atoms with Gasteiger partial charge in [0.1, 0.15) is 6.61 Å². The van der Waals surface area contributed by atoms with Gasteiger partial charge in [0, 0.05) is 19.4 Å². The zero-order chi connectivity index (χ0) is 36.3. The van der Waals surface area contributed by atoms with Crippen LogP contribution in [0.1, 0.15) is 122 Å². The van der Waals surface area contributed by atoms with Gasteiger partial charge in [0.05, 0.1) is 99.1 Å². The first-order chi connectivity index (χ1) is 24.7. The van der Waals surface area contributed by atoms with Gasteiger partial charge >= 0.3 is 11.9 Å². The Balaban J connectivity index is 3.09. The number of esters is 1. The summed E-state index contributed by atoms with van der Waals surface area (Å²) in [5.74, 6) is -1.20. The number of ether oxygens (including phenoxy) is 9. The van der Waals surface area contributed by atoms with E-state index in [-0.39, 0.29) is 25.4 Å². The number of carboxylic acid groups (broad SMARTS) is 1. The van der Waals surface area contributed by atoms with Crippen molar-refractivity contribution in [3.05, 3.63) is 0 Å². The number of unbranched alkanes of at least 4 members (excludes halogenated alkanes) is 14. The third-order valence-corrected chi connectivity index (χ3v) is 7.76. The Hall–Kier alpha value is -1.38. The zero-order valence-corrected chi connectivity index (χ0v) is 31.7. The van der Waals surface area contributed by atoms with E-state index in [1.807, 2.05) is 0 Å². The second-order valence-corrected chi connectivity index (χ2v) is 12.3. The molecule has 0 saturated heterocycles. The maximum absolute atomic E-state index is 11.5. The van der Waals surface area contributed by atoms with Crippen molar-refractivity contribution in [1.82, 2.24) is 0 Å². The summed E-state index contributed by atoms with van der Waals surface area (Å²) in [4.78, 5) is 21.9. The summed E-state index contributed by atoms with van der Waals surface area (Å²) in [6.07, 6.45) is 20.4. The molecule has 0 heterocycles. The maximum Gasteiger partial charge on any atom is 0.305 e. The molecule has 0 bridgehead atoms. The summed E-state index contributed by atoms with van der Waals surface area (Å²) in [6, 6.07) is 0. The molecule has 0 aliphatic carbocycles. The van der Waals surface area contributed by atoms with E-state index >= 15 is 0 Å². The third kappa shape index (κ3) is 44.6. The lowest BCUT2D eigenvalue weighted by Gasteiger charge is -2.09. The Bertz CT molecular complexity index is 682. The molecule has 0 aromatic carbocycles. The fraction of sp³-hybridized carbons (Fsp3) is 0.947. The molecule has 0 rings (SSSR count). The van der Waals surface area contributed by atoms with Crippen molar-refractivity contribution in [3.8, 4) is 0 Å². The minimum atomic E-state index is -0.858. The quantitative estimate of drug-likeness (QED) is 0.0524. The average Bonchev–Trinajstić information content (AvgIpc) is 3.11. The van der Waals surface area contributed by atoms with E-state index in [1.165, 1.54) is 83.5 Å². The lowest BCUT2D eigenvalue weighted by molar-refractivity contribution is -0.146. The number of aliphatic carboxylic acids is 1. The highest BCUT2D eigenvalue weighted by Gasteiger charge is 2.04. The van der Waals surface area contributed by atoms with Gasteiger partial charge in [-0.15, -0.1) is 0 Å².